The van der Waals surface area contributed by atoms with Crippen molar-refractivity contribution in [2.75, 3.05) is 5.75 Å². The van der Waals surface area contributed by atoms with Crippen LogP contribution in [0.5, 0.6) is 0 Å². The Morgan fingerprint density at radius 2 is 2.14 bits per heavy atom. The van der Waals surface area contributed by atoms with Gasteiger partial charge >= 0.3 is 6.18 Å². The summed E-state index contributed by atoms with van der Waals surface area (Å²) in [5, 5.41) is 0. The summed E-state index contributed by atoms with van der Waals surface area (Å²) in [5.41, 5.74) is 6.10. The lowest BCUT2D eigenvalue weighted by atomic mass is 10.2. The normalized spacial score (nSPS) is 11.7. The molecular formula is C9H9F3NS. The maximum absolute atomic E-state index is 11.9. The summed E-state index contributed by atoms with van der Waals surface area (Å²) in [5.74, 6) is -0.891. The standard InChI is InChI=1S/C9H9F3NS/c10-9(11,12)6-14-8-4-2-1-3-7(8)5-13/h1,3-4H,5-6,13H2. The van der Waals surface area contributed by atoms with E-state index in [1.807, 2.05) is 0 Å². The Balaban J connectivity index is 2.67. The number of halogens is 3. The van der Waals surface area contributed by atoms with Crippen LogP contribution in [0.4, 0.5) is 13.2 Å². The monoisotopic (exact) mass is 220 g/mol. The van der Waals surface area contributed by atoms with Crippen LogP contribution in [0.25, 0.3) is 0 Å². The molecule has 77 valence electrons. The van der Waals surface area contributed by atoms with Crippen molar-refractivity contribution in [3.05, 3.63) is 29.8 Å². The van der Waals surface area contributed by atoms with Crippen LogP contribution in [0.15, 0.2) is 23.1 Å². The predicted octanol–water partition coefficient (Wildman–Crippen LogP) is 2.60. The maximum Gasteiger partial charge on any atom is 0.398 e. The lowest BCUT2D eigenvalue weighted by molar-refractivity contribution is -0.105. The molecule has 1 radical (unpaired) electrons. The fourth-order valence-electron chi connectivity index (χ4n) is 0.910. The van der Waals surface area contributed by atoms with Gasteiger partial charge in [0.25, 0.3) is 0 Å². The van der Waals surface area contributed by atoms with Crippen LogP contribution >= 0.6 is 11.8 Å². The molecule has 1 rings (SSSR count). The van der Waals surface area contributed by atoms with Crippen molar-refractivity contribution in [3.63, 3.8) is 0 Å². The summed E-state index contributed by atoms with van der Waals surface area (Å²) in [6.07, 6.45) is -4.15. The summed E-state index contributed by atoms with van der Waals surface area (Å²) >= 11 is 0.742. The van der Waals surface area contributed by atoms with Gasteiger partial charge in [0, 0.05) is 11.4 Å². The number of benzene rings is 1. The number of hydrogen-bond donors (Lipinski definition) is 1. The Bertz CT molecular complexity index is 298. The third-order valence-electron chi connectivity index (χ3n) is 1.52. The number of rotatable bonds is 3. The molecule has 1 nitrogen and oxygen atoms in total. The SMILES string of the molecule is NCc1cc[c]cc1SCC(F)(F)F. The minimum absolute atomic E-state index is 0.245. The largest absolute Gasteiger partial charge is 0.398 e. The van der Waals surface area contributed by atoms with Crippen LogP contribution in [-0.4, -0.2) is 11.9 Å². The lowest BCUT2D eigenvalue weighted by Gasteiger charge is -2.08. The molecule has 2 N–H and O–H groups in total. The molecule has 0 aliphatic heterocycles. The number of hydrogen-bond acceptors (Lipinski definition) is 2. The van der Waals surface area contributed by atoms with Crippen LogP contribution in [0, 0.1) is 6.07 Å². The molecule has 14 heavy (non-hydrogen) atoms. The van der Waals surface area contributed by atoms with E-state index in [2.05, 4.69) is 6.07 Å². The molecule has 1 aromatic rings. The van der Waals surface area contributed by atoms with Gasteiger partial charge in [0.1, 0.15) is 0 Å². The second kappa shape index (κ2) is 4.70. The Morgan fingerprint density at radius 3 is 2.71 bits per heavy atom. The summed E-state index contributed by atoms with van der Waals surface area (Å²) in [7, 11) is 0. The fourth-order valence-corrected chi connectivity index (χ4v) is 1.72. The lowest BCUT2D eigenvalue weighted by Crippen LogP contribution is -2.11. The van der Waals surface area contributed by atoms with Gasteiger partial charge in [-0.05, 0) is 17.7 Å². The highest BCUT2D eigenvalue weighted by Gasteiger charge is 2.27. The van der Waals surface area contributed by atoms with Gasteiger partial charge in [-0.1, -0.05) is 12.1 Å². The second-order valence-electron chi connectivity index (χ2n) is 2.64. The molecule has 0 aliphatic rings. The number of alkyl halides is 3. The Morgan fingerprint density at radius 1 is 1.43 bits per heavy atom. The third kappa shape index (κ3) is 3.59. The van der Waals surface area contributed by atoms with Crippen molar-refractivity contribution in [3.8, 4) is 0 Å². The summed E-state index contributed by atoms with van der Waals surface area (Å²) < 4.78 is 35.7. The molecule has 0 aromatic heterocycles. The average Bonchev–Trinajstić information content (AvgIpc) is 2.14. The molecule has 0 amide bonds. The van der Waals surface area contributed by atoms with Crippen molar-refractivity contribution in [2.45, 2.75) is 17.6 Å². The highest BCUT2D eigenvalue weighted by atomic mass is 32.2. The van der Waals surface area contributed by atoms with E-state index < -0.39 is 11.9 Å². The topological polar surface area (TPSA) is 26.0 Å². The van der Waals surface area contributed by atoms with Crippen LogP contribution in [0.2, 0.25) is 0 Å². The van der Waals surface area contributed by atoms with Gasteiger partial charge in [-0.25, -0.2) is 0 Å². The van der Waals surface area contributed by atoms with E-state index in [0.29, 0.717) is 4.90 Å². The van der Waals surface area contributed by atoms with Gasteiger partial charge in [-0.15, -0.1) is 11.8 Å². The molecule has 1 aromatic carbocycles. The van der Waals surface area contributed by atoms with Gasteiger partial charge in [0.05, 0.1) is 5.75 Å². The minimum atomic E-state index is -4.15. The molecule has 0 saturated heterocycles. The minimum Gasteiger partial charge on any atom is -0.326 e. The number of nitrogens with two attached hydrogens (primary N) is 1. The van der Waals surface area contributed by atoms with Crippen molar-refractivity contribution >= 4 is 11.8 Å². The average molecular weight is 220 g/mol. The van der Waals surface area contributed by atoms with E-state index in [0.717, 1.165) is 17.3 Å². The van der Waals surface area contributed by atoms with Crippen molar-refractivity contribution in [1.29, 1.82) is 0 Å². The molecule has 0 heterocycles. The zero-order chi connectivity index (χ0) is 10.6. The molecule has 0 aliphatic carbocycles. The van der Waals surface area contributed by atoms with Crippen molar-refractivity contribution in [1.82, 2.24) is 0 Å². The van der Waals surface area contributed by atoms with E-state index in [9.17, 15) is 13.2 Å². The first-order chi connectivity index (χ1) is 6.53. The van der Waals surface area contributed by atoms with E-state index >= 15 is 0 Å². The summed E-state index contributed by atoms with van der Waals surface area (Å²) in [4.78, 5) is 0.548. The third-order valence-corrected chi connectivity index (χ3v) is 2.69. The van der Waals surface area contributed by atoms with Crippen LogP contribution in [0.1, 0.15) is 5.56 Å². The molecule has 0 saturated carbocycles. The molecular weight excluding hydrogens is 211 g/mol. The predicted molar refractivity (Wildman–Crippen MR) is 49.9 cm³/mol. The first-order valence-electron chi connectivity index (χ1n) is 3.91. The zero-order valence-corrected chi connectivity index (χ0v) is 8.08. The van der Waals surface area contributed by atoms with Crippen molar-refractivity contribution < 1.29 is 13.2 Å². The highest BCUT2D eigenvalue weighted by molar-refractivity contribution is 7.99. The van der Waals surface area contributed by atoms with Crippen molar-refractivity contribution in [2.24, 2.45) is 5.73 Å². The van der Waals surface area contributed by atoms with Crippen LogP contribution < -0.4 is 5.73 Å². The van der Waals surface area contributed by atoms with E-state index in [1.54, 1.807) is 12.1 Å². The zero-order valence-electron chi connectivity index (χ0n) is 7.27. The van der Waals surface area contributed by atoms with Gasteiger partial charge in [-0.3, -0.25) is 0 Å². The van der Waals surface area contributed by atoms with Gasteiger partial charge in [0.15, 0.2) is 0 Å². The van der Waals surface area contributed by atoms with Gasteiger partial charge in [0.2, 0.25) is 0 Å². The fraction of sp³-hybridized carbons (Fsp3) is 0.333. The smallest absolute Gasteiger partial charge is 0.326 e. The quantitative estimate of drug-likeness (QED) is 0.792. The van der Waals surface area contributed by atoms with E-state index in [-0.39, 0.29) is 6.54 Å². The molecule has 0 fully saturated rings. The number of thioether (sulfide) groups is 1. The van der Waals surface area contributed by atoms with E-state index in [1.165, 1.54) is 6.07 Å². The molecule has 0 bridgehead atoms. The van der Waals surface area contributed by atoms with Gasteiger partial charge in [-0.2, -0.15) is 13.2 Å². The van der Waals surface area contributed by atoms with Gasteiger partial charge < -0.3 is 5.73 Å². The van der Waals surface area contributed by atoms with Crippen LogP contribution in [-0.2, 0) is 6.54 Å². The molecule has 0 atom stereocenters. The highest BCUT2D eigenvalue weighted by Crippen LogP contribution is 2.29. The first-order valence-corrected chi connectivity index (χ1v) is 4.90. The summed E-state index contributed by atoms with van der Waals surface area (Å²) in [6.45, 7) is 0.245. The first kappa shape index (κ1) is 11.4. The molecule has 0 spiro atoms. The second-order valence-corrected chi connectivity index (χ2v) is 3.66. The Kier molecular flexibility index (Phi) is 3.83. The Hall–Kier alpha value is -0.680. The molecule has 0 unspecified atom stereocenters. The molecule has 5 heteroatoms. The van der Waals surface area contributed by atoms with Crippen LogP contribution in [0.3, 0.4) is 0 Å². The maximum atomic E-state index is 11.9. The Labute approximate surface area is 84.5 Å². The summed E-state index contributed by atoms with van der Waals surface area (Å²) in [6, 6.07) is 7.57. The van der Waals surface area contributed by atoms with E-state index in [4.69, 9.17) is 5.73 Å².